The molecule has 0 spiro atoms. The number of aromatic nitrogens is 3. The van der Waals surface area contributed by atoms with Crippen LogP contribution in [-0.4, -0.2) is 33.9 Å². The van der Waals surface area contributed by atoms with E-state index in [4.69, 9.17) is 9.97 Å². The number of H-pyrrole nitrogens is 1. The molecule has 2 heterocycles. The molecule has 0 atom stereocenters. The van der Waals surface area contributed by atoms with Crippen molar-refractivity contribution in [3.8, 4) is 11.4 Å². The predicted octanol–water partition coefficient (Wildman–Crippen LogP) is 3.57. The first-order valence-electron chi connectivity index (χ1n) is 9.03. The van der Waals surface area contributed by atoms with Crippen molar-refractivity contribution >= 4 is 22.8 Å². The zero-order chi connectivity index (χ0) is 18.5. The Balaban J connectivity index is 1.84. The van der Waals surface area contributed by atoms with Gasteiger partial charge in [0, 0.05) is 30.8 Å². The van der Waals surface area contributed by atoms with E-state index in [2.05, 4.69) is 22.5 Å². The maximum Gasteiger partial charge on any atom is 0.219 e. The van der Waals surface area contributed by atoms with Gasteiger partial charge in [-0.3, -0.25) is 4.79 Å². The molecule has 6 nitrogen and oxygen atoms in total. The molecule has 0 unspecified atom stereocenters. The van der Waals surface area contributed by atoms with E-state index < -0.39 is 0 Å². The highest BCUT2D eigenvalue weighted by Gasteiger charge is 2.14. The van der Waals surface area contributed by atoms with Crippen LogP contribution < -0.4 is 10.6 Å². The molecule has 0 aliphatic rings. The molecule has 2 aromatic heterocycles. The fourth-order valence-corrected chi connectivity index (χ4v) is 2.86. The zero-order valence-corrected chi connectivity index (χ0v) is 15.5. The molecular formula is C20H25N5O. The number of aryl methyl sites for hydroxylation is 2. The molecular weight excluding hydrogens is 326 g/mol. The maximum atomic E-state index is 11.3. The minimum atomic E-state index is 0.0814. The number of fused-ring (bicyclic) bond motifs is 1. The van der Waals surface area contributed by atoms with Crippen molar-refractivity contribution in [1.82, 2.24) is 20.3 Å². The minimum Gasteiger partial charge on any atom is -0.369 e. The summed E-state index contributed by atoms with van der Waals surface area (Å²) in [5, 5.41) is 7.34. The quantitative estimate of drug-likeness (QED) is 0.568. The van der Waals surface area contributed by atoms with Crippen molar-refractivity contribution in [2.75, 3.05) is 18.4 Å². The lowest BCUT2D eigenvalue weighted by Gasteiger charge is -2.10. The summed E-state index contributed by atoms with van der Waals surface area (Å²) in [4.78, 5) is 24.1. The van der Waals surface area contributed by atoms with Crippen molar-refractivity contribution in [3.63, 3.8) is 0 Å². The Hall–Kier alpha value is -2.89. The van der Waals surface area contributed by atoms with Gasteiger partial charge in [-0.2, -0.15) is 0 Å². The number of nitrogens with one attached hydrogen (secondary N) is 3. The highest BCUT2D eigenvalue weighted by molar-refractivity contribution is 5.92. The third kappa shape index (κ3) is 3.85. The van der Waals surface area contributed by atoms with Gasteiger partial charge in [-0.1, -0.05) is 37.3 Å². The fraction of sp³-hybridized carbons (Fsp3) is 0.350. The molecule has 0 bridgehead atoms. The van der Waals surface area contributed by atoms with Crippen molar-refractivity contribution in [2.24, 2.45) is 0 Å². The van der Waals surface area contributed by atoms with Crippen molar-refractivity contribution in [3.05, 3.63) is 41.6 Å². The van der Waals surface area contributed by atoms with Crippen LogP contribution in [0.25, 0.3) is 22.4 Å². The van der Waals surface area contributed by atoms with Crippen LogP contribution in [-0.2, 0) is 4.79 Å². The van der Waals surface area contributed by atoms with Gasteiger partial charge in [0.1, 0.15) is 11.5 Å². The first kappa shape index (κ1) is 17.9. The summed E-state index contributed by atoms with van der Waals surface area (Å²) in [5.41, 5.74) is 4.08. The fourth-order valence-electron chi connectivity index (χ4n) is 2.86. The number of carbonyl (C=O) groups is 1. The Bertz CT molecular complexity index is 901. The summed E-state index contributed by atoms with van der Waals surface area (Å²) in [6.07, 6.45) is 1.35. The van der Waals surface area contributed by atoms with Gasteiger partial charge in [0.05, 0.1) is 5.39 Å². The van der Waals surface area contributed by atoms with Crippen LogP contribution in [0.1, 0.15) is 31.0 Å². The van der Waals surface area contributed by atoms with Crippen molar-refractivity contribution in [2.45, 2.75) is 33.6 Å². The Morgan fingerprint density at radius 1 is 1.12 bits per heavy atom. The number of carbonyl (C=O) groups excluding carboxylic acids is 1. The van der Waals surface area contributed by atoms with Gasteiger partial charge in [0.2, 0.25) is 5.91 Å². The molecule has 0 saturated heterocycles. The molecule has 0 fully saturated rings. The Morgan fingerprint density at radius 3 is 2.62 bits per heavy atom. The first-order chi connectivity index (χ1) is 12.6. The summed E-state index contributed by atoms with van der Waals surface area (Å²) >= 11 is 0. The van der Waals surface area contributed by atoms with Gasteiger partial charge in [0.15, 0.2) is 5.82 Å². The Kier molecular flexibility index (Phi) is 5.51. The lowest BCUT2D eigenvalue weighted by Crippen LogP contribution is -2.24. The first-order valence-corrected chi connectivity index (χ1v) is 9.03. The number of amides is 1. The van der Waals surface area contributed by atoms with E-state index in [1.165, 1.54) is 0 Å². The summed E-state index contributed by atoms with van der Waals surface area (Å²) in [7, 11) is 0. The van der Waals surface area contributed by atoms with Gasteiger partial charge in [0.25, 0.3) is 0 Å². The largest absolute Gasteiger partial charge is 0.369 e. The van der Waals surface area contributed by atoms with Gasteiger partial charge in [-0.25, -0.2) is 9.97 Å². The van der Waals surface area contributed by atoms with E-state index in [0.717, 1.165) is 46.6 Å². The molecule has 0 aliphatic heterocycles. The molecule has 3 rings (SSSR count). The summed E-state index contributed by atoms with van der Waals surface area (Å²) in [6, 6.07) is 9.96. The Labute approximate surface area is 153 Å². The number of hydrogen-bond acceptors (Lipinski definition) is 4. The molecule has 1 amide bonds. The van der Waals surface area contributed by atoms with Crippen LogP contribution in [0, 0.1) is 13.8 Å². The smallest absolute Gasteiger partial charge is 0.219 e. The molecule has 0 radical (unpaired) electrons. The van der Waals surface area contributed by atoms with Crippen LogP contribution >= 0.6 is 0 Å². The average molecular weight is 351 g/mol. The van der Waals surface area contributed by atoms with Gasteiger partial charge in [-0.05, 0) is 25.8 Å². The number of hydrogen-bond donors (Lipinski definition) is 3. The van der Waals surface area contributed by atoms with Crippen LogP contribution in [0.2, 0.25) is 0 Å². The number of benzene rings is 1. The minimum absolute atomic E-state index is 0.0814. The van der Waals surface area contributed by atoms with E-state index in [1.54, 1.807) is 0 Å². The van der Waals surface area contributed by atoms with Crippen molar-refractivity contribution in [1.29, 1.82) is 0 Å². The van der Waals surface area contributed by atoms with Gasteiger partial charge in [-0.15, -0.1) is 0 Å². The molecule has 6 heteroatoms. The molecule has 26 heavy (non-hydrogen) atoms. The van der Waals surface area contributed by atoms with E-state index >= 15 is 0 Å². The topological polar surface area (TPSA) is 82.7 Å². The third-order valence-corrected chi connectivity index (χ3v) is 4.47. The predicted molar refractivity (Wildman–Crippen MR) is 105 cm³/mol. The molecule has 1 aromatic carbocycles. The Morgan fingerprint density at radius 2 is 1.88 bits per heavy atom. The maximum absolute atomic E-state index is 11.3. The van der Waals surface area contributed by atoms with Crippen molar-refractivity contribution < 1.29 is 4.79 Å². The highest BCUT2D eigenvalue weighted by atomic mass is 16.1. The van der Waals surface area contributed by atoms with E-state index in [1.807, 2.05) is 44.2 Å². The lowest BCUT2D eigenvalue weighted by atomic mass is 10.2. The second-order valence-corrected chi connectivity index (χ2v) is 6.34. The van der Waals surface area contributed by atoms with Crippen LogP contribution in [0.5, 0.6) is 0 Å². The molecule has 0 saturated carbocycles. The standard InChI is InChI=1S/C20H25N5O/c1-4-16(26)21-11-8-12-22-19-17-13(2)14(3)23-20(17)25-18(24-19)15-9-6-5-7-10-15/h5-7,9-10H,4,8,11-12H2,1-3H3,(H,21,26)(H2,22,23,24,25). The molecule has 3 aromatic rings. The second kappa shape index (κ2) is 7.99. The molecule has 136 valence electrons. The second-order valence-electron chi connectivity index (χ2n) is 6.34. The van der Waals surface area contributed by atoms with E-state index in [-0.39, 0.29) is 5.91 Å². The number of aromatic amines is 1. The van der Waals surface area contributed by atoms with E-state index in [0.29, 0.717) is 18.8 Å². The SMILES string of the molecule is CCC(=O)NCCCNc1nc(-c2ccccc2)nc2[nH]c(C)c(C)c12. The number of anilines is 1. The average Bonchev–Trinajstić information content (AvgIpc) is 2.95. The van der Waals surface area contributed by atoms with E-state index in [9.17, 15) is 4.79 Å². The summed E-state index contributed by atoms with van der Waals surface area (Å²) in [5.74, 6) is 1.61. The number of nitrogens with zero attached hydrogens (tertiary/aromatic N) is 2. The zero-order valence-electron chi connectivity index (χ0n) is 15.5. The van der Waals surface area contributed by atoms with Gasteiger partial charge < -0.3 is 15.6 Å². The summed E-state index contributed by atoms with van der Waals surface area (Å²) < 4.78 is 0. The highest BCUT2D eigenvalue weighted by Crippen LogP contribution is 2.29. The van der Waals surface area contributed by atoms with Crippen LogP contribution in [0.3, 0.4) is 0 Å². The monoisotopic (exact) mass is 351 g/mol. The normalized spacial score (nSPS) is 10.9. The molecule has 0 aliphatic carbocycles. The number of rotatable bonds is 7. The third-order valence-electron chi connectivity index (χ3n) is 4.47. The molecule has 3 N–H and O–H groups in total. The lowest BCUT2D eigenvalue weighted by molar-refractivity contribution is -0.120. The summed E-state index contributed by atoms with van der Waals surface area (Å²) in [6.45, 7) is 7.36. The van der Waals surface area contributed by atoms with Crippen LogP contribution in [0.4, 0.5) is 5.82 Å². The van der Waals surface area contributed by atoms with Gasteiger partial charge >= 0.3 is 0 Å². The van der Waals surface area contributed by atoms with Crippen LogP contribution in [0.15, 0.2) is 30.3 Å².